The summed E-state index contributed by atoms with van der Waals surface area (Å²) in [7, 11) is 0. The van der Waals surface area contributed by atoms with Crippen LogP contribution in [0.1, 0.15) is 12.2 Å². The van der Waals surface area contributed by atoms with Crippen molar-refractivity contribution in [1.29, 1.82) is 0 Å². The number of halogens is 2. The van der Waals surface area contributed by atoms with Gasteiger partial charge in [-0.15, -0.1) is 0 Å². The molecule has 1 aromatic heterocycles. The average molecular weight is 401 g/mol. The molecule has 5 nitrogen and oxygen atoms in total. The number of imide groups is 1. The number of allylic oxidation sites excluding steroid dienone is 2. The lowest BCUT2D eigenvalue weighted by atomic mass is 9.85. The molecule has 136 valence electrons. The molecule has 7 heteroatoms. The third-order valence-electron chi connectivity index (χ3n) is 5.59. The van der Waals surface area contributed by atoms with Gasteiger partial charge in [-0.3, -0.25) is 9.59 Å². The van der Waals surface area contributed by atoms with E-state index in [4.69, 9.17) is 27.6 Å². The molecule has 1 saturated heterocycles. The highest BCUT2D eigenvalue weighted by Gasteiger charge is 2.59. The van der Waals surface area contributed by atoms with E-state index in [0.717, 1.165) is 11.4 Å². The Morgan fingerprint density at radius 3 is 2.44 bits per heavy atom. The minimum absolute atomic E-state index is 0.164. The Hall–Kier alpha value is -2.37. The second kappa shape index (κ2) is 6.08. The zero-order chi connectivity index (χ0) is 18.7. The van der Waals surface area contributed by atoms with E-state index in [-0.39, 0.29) is 35.5 Å². The molecule has 2 amide bonds. The highest BCUT2D eigenvalue weighted by atomic mass is 35.5. The van der Waals surface area contributed by atoms with Gasteiger partial charge >= 0.3 is 0 Å². The quantitative estimate of drug-likeness (QED) is 0.435. The number of fused-ring (bicyclic) bond motifs is 5. The van der Waals surface area contributed by atoms with Crippen LogP contribution in [0.4, 0.5) is 0 Å². The van der Waals surface area contributed by atoms with Crippen LogP contribution in [0.3, 0.4) is 0 Å². The smallest absolute Gasteiger partial charge is 0.254 e. The second-order valence-electron chi connectivity index (χ2n) is 7.04. The molecule has 2 bridgehead atoms. The zero-order valence-corrected chi connectivity index (χ0v) is 15.5. The third kappa shape index (κ3) is 2.49. The van der Waals surface area contributed by atoms with E-state index in [1.54, 1.807) is 30.3 Å². The molecule has 5 rings (SSSR count). The fourth-order valence-corrected chi connectivity index (χ4v) is 4.77. The lowest BCUT2D eigenvalue weighted by Crippen LogP contribution is -2.28. The number of nitrogens with zero attached hydrogens (tertiary/aromatic N) is 2. The fraction of sp³-hybridized carbons (Fsp3) is 0.250. The van der Waals surface area contributed by atoms with Gasteiger partial charge in [0.1, 0.15) is 11.5 Å². The second-order valence-corrected chi connectivity index (χ2v) is 7.82. The van der Waals surface area contributed by atoms with Gasteiger partial charge in [-0.2, -0.15) is 10.1 Å². The first-order valence-electron chi connectivity index (χ1n) is 8.69. The number of carbonyl (C=O) groups is 2. The number of benzene rings is 1. The monoisotopic (exact) mass is 400 g/mol. The van der Waals surface area contributed by atoms with Gasteiger partial charge in [-0.05, 0) is 42.5 Å². The maximum Gasteiger partial charge on any atom is 0.254 e. The first-order valence-corrected chi connectivity index (χ1v) is 9.44. The van der Waals surface area contributed by atoms with Crippen LogP contribution in [-0.2, 0) is 9.59 Å². The van der Waals surface area contributed by atoms with Gasteiger partial charge in [0.15, 0.2) is 0 Å². The molecule has 1 aromatic carbocycles. The van der Waals surface area contributed by atoms with Gasteiger partial charge in [0.05, 0.1) is 28.1 Å². The van der Waals surface area contributed by atoms with E-state index >= 15 is 0 Å². The fourth-order valence-electron chi connectivity index (χ4n) is 4.38. The first kappa shape index (κ1) is 16.8. The molecule has 0 N–H and O–H groups in total. The first-order chi connectivity index (χ1) is 13.0. The normalized spacial score (nSPS) is 28.7. The third-order valence-corrected chi connectivity index (χ3v) is 6.41. The molecule has 2 fully saturated rings. The number of hydrazone groups is 1. The Balaban J connectivity index is 1.38. The van der Waals surface area contributed by atoms with Crippen molar-refractivity contribution >= 4 is 41.2 Å². The van der Waals surface area contributed by atoms with E-state index in [2.05, 4.69) is 17.3 Å². The van der Waals surface area contributed by atoms with Gasteiger partial charge in [0.2, 0.25) is 0 Å². The molecule has 3 aliphatic rings. The summed E-state index contributed by atoms with van der Waals surface area (Å²) < 4.78 is 5.73. The summed E-state index contributed by atoms with van der Waals surface area (Å²) in [5, 5.41) is 5.94. The van der Waals surface area contributed by atoms with Crippen molar-refractivity contribution in [1.82, 2.24) is 5.01 Å². The van der Waals surface area contributed by atoms with Gasteiger partial charge in [0, 0.05) is 5.56 Å². The molecule has 4 atom stereocenters. The summed E-state index contributed by atoms with van der Waals surface area (Å²) in [6, 6.07) is 8.72. The van der Waals surface area contributed by atoms with Crippen LogP contribution < -0.4 is 0 Å². The average Bonchev–Trinajstić information content (AvgIpc) is 3.41. The summed E-state index contributed by atoms with van der Waals surface area (Å²) in [4.78, 5) is 25.2. The molecule has 0 unspecified atom stereocenters. The van der Waals surface area contributed by atoms with Crippen LogP contribution in [0.5, 0.6) is 0 Å². The Labute approximate surface area is 165 Å². The van der Waals surface area contributed by atoms with Crippen LogP contribution in [0.2, 0.25) is 10.0 Å². The maximum absolute atomic E-state index is 12.6. The predicted molar refractivity (Wildman–Crippen MR) is 101 cm³/mol. The van der Waals surface area contributed by atoms with Crippen molar-refractivity contribution in [2.45, 2.75) is 6.42 Å². The minimum Gasteiger partial charge on any atom is -0.455 e. The van der Waals surface area contributed by atoms with Crippen molar-refractivity contribution in [3.05, 3.63) is 58.3 Å². The van der Waals surface area contributed by atoms with E-state index in [0.29, 0.717) is 27.1 Å². The van der Waals surface area contributed by atoms with E-state index in [1.165, 1.54) is 6.21 Å². The van der Waals surface area contributed by atoms with Crippen LogP contribution in [-0.4, -0.2) is 23.0 Å². The standard InChI is InChI=1S/C20H14Cl2N2O3/c21-14-3-1-2-13(18(14)22)15-7-6-12(27-15)9-23-24-19(25)16-10-4-5-11(8-10)17(16)20(24)26/h1-7,9-11,16-17H,8H2/b23-9-/t10-,11-,16-,17-/m0/s1. The van der Waals surface area contributed by atoms with Crippen LogP contribution in [0.25, 0.3) is 11.3 Å². The highest BCUT2D eigenvalue weighted by Crippen LogP contribution is 2.52. The topological polar surface area (TPSA) is 62.9 Å². The Bertz CT molecular complexity index is 996. The summed E-state index contributed by atoms with van der Waals surface area (Å²) in [5.41, 5.74) is 0.661. The number of amides is 2. The Morgan fingerprint density at radius 1 is 1.04 bits per heavy atom. The van der Waals surface area contributed by atoms with Crippen molar-refractivity contribution in [3.8, 4) is 11.3 Å². The summed E-state index contributed by atoms with van der Waals surface area (Å²) in [6.07, 6.45) is 6.38. The lowest BCUT2D eigenvalue weighted by Gasteiger charge is -2.13. The summed E-state index contributed by atoms with van der Waals surface area (Å²) in [5.74, 6) is 0.310. The lowest BCUT2D eigenvalue weighted by molar-refractivity contribution is -0.140. The largest absolute Gasteiger partial charge is 0.455 e. The van der Waals surface area contributed by atoms with Gasteiger partial charge in [-0.1, -0.05) is 41.4 Å². The number of hydrogen-bond donors (Lipinski definition) is 0. The molecule has 1 saturated carbocycles. The molecular weight excluding hydrogens is 387 g/mol. The zero-order valence-electron chi connectivity index (χ0n) is 14.0. The van der Waals surface area contributed by atoms with Gasteiger partial charge < -0.3 is 4.42 Å². The van der Waals surface area contributed by atoms with E-state index in [1.807, 2.05) is 0 Å². The van der Waals surface area contributed by atoms with E-state index < -0.39 is 0 Å². The maximum atomic E-state index is 12.6. The van der Waals surface area contributed by atoms with Gasteiger partial charge in [-0.25, -0.2) is 0 Å². The Morgan fingerprint density at radius 2 is 1.74 bits per heavy atom. The van der Waals surface area contributed by atoms with Crippen LogP contribution >= 0.6 is 23.2 Å². The predicted octanol–water partition coefficient (Wildman–Crippen LogP) is 4.39. The highest BCUT2D eigenvalue weighted by molar-refractivity contribution is 6.43. The number of hydrogen-bond acceptors (Lipinski definition) is 4. The molecule has 27 heavy (non-hydrogen) atoms. The number of carbonyl (C=O) groups excluding carboxylic acids is 2. The SMILES string of the molecule is O=C1[C@@H]2[C@@H](C(=O)N1/N=C\c1ccc(-c3cccc(Cl)c3Cl)o1)[C@H]1C=C[C@H]2C1. The van der Waals surface area contributed by atoms with Crippen LogP contribution in [0.15, 0.2) is 52.0 Å². The van der Waals surface area contributed by atoms with Crippen molar-refractivity contribution in [2.75, 3.05) is 0 Å². The minimum atomic E-state index is -0.262. The van der Waals surface area contributed by atoms with Gasteiger partial charge in [0.25, 0.3) is 11.8 Å². The molecule has 2 aromatic rings. The molecule has 1 aliphatic heterocycles. The van der Waals surface area contributed by atoms with Crippen molar-refractivity contribution in [2.24, 2.45) is 28.8 Å². The van der Waals surface area contributed by atoms with Crippen LogP contribution in [0, 0.1) is 23.7 Å². The molecule has 2 aliphatic carbocycles. The van der Waals surface area contributed by atoms with Crippen molar-refractivity contribution < 1.29 is 14.0 Å². The molecule has 0 spiro atoms. The molecular formula is C20H14Cl2N2O3. The summed E-state index contributed by atoms with van der Waals surface area (Å²) >= 11 is 12.3. The Kier molecular flexibility index (Phi) is 3.78. The number of furan rings is 1. The molecule has 2 heterocycles. The summed E-state index contributed by atoms with van der Waals surface area (Å²) in [6.45, 7) is 0. The number of rotatable bonds is 3. The van der Waals surface area contributed by atoms with E-state index in [9.17, 15) is 9.59 Å². The molecule has 0 radical (unpaired) electrons. The van der Waals surface area contributed by atoms with Crippen molar-refractivity contribution in [3.63, 3.8) is 0 Å².